The van der Waals surface area contributed by atoms with Gasteiger partial charge in [0.1, 0.15) is 11.6 Å². The Labute approximate surface area is 233 Å². The van der Waals surface area contributed by atoms with Gasteiger partial charge in [0.25, 0.3) is 5.91 Å². The zero-order chi connectivity index (χ0) is 28.7. The molecule has 0 atom stereocenters. The first-order chi connectivity index (χ1) is 19.2. The van der Waals surface area contributed by atoms with E-state index in [2.05, 4.69) is 20.5 Å². The van der Waals surface area contributed by atoms with E-state index < -0.39 is 23.1 Å². The van der Waals surface area contributed by atoms with Gasteiger partial charge in [0.15, 0.2) is 5.60 Å². The van der Waals surface area contributed by atoms with Crippen molar-refractivity contribution in [2.45, 2.75) is 44.6 Å². The minimum atomic E-state index is -2.09. The van der Waals surface area contributed by atoms with E-state index in [1.807, 2.05) is 26.1 Å². The highest BCUT2D eigenvalue weighted by molar-refractivity contribution is 5.92. The molecule has 0 aliphatic carbocycles. The van der Waals surface area contributed by atoms with Crippen molar-refractivity contribution in [1.29, 1.82) is 0 Å². The molecule has 40 heavy (non-hydrogen) atoms. The Morgan fingerprint density at radius 2 is 1.57 bits per heavy atom. The van der Waals surface area contributed by atoms with Crippen LogP contribution in [-0.4, -0.2) is 53.0 Å². The van der Waals surface area contributed by atoms with Crippen molar-refractivity contribution in [2.24, 2.45) is 5.92 Å². The van der Waals surface area contributed by atoms with Crippen LogP contribution in [0.5, 0.6) is 0 Å². The second-order valence-corrected chi connectivity index (χ2v) is 10.6. The van der Waals surface area contributed by atoms with Crippen molar-refractivity contribution < 1.29 is 23.5 Å². The number of halogens is 2. The van der Waals surface area contributed by atoms with Crippen LogP contribution in [0.25, 0.3) is 0 Å². The number of carbonyl (C=O) groups is 2. The summed E-state index contributed by atoms with van der Waals surface area (Å²) in [5.74, 6) is -1.40. The second-order valence-electron chi connectivity index (χ2n) is 10.6. The van der Waals surface area contributed by atoms with Gasteiger partial charge in [-0.05, 0) is 91.8 Å². The van der Waals surface area contributed by atoms with Gasteiger partial charge in [0.05, 0.1) is 11.9 Å². The lowest BCUT2D eigenvalue weighted by Gasteiger charge is -2.32. The molecule has 2 aromatic carbocycles. The van der Waals surface area contributed by atoms with Gasteiger partial charge in [0, 0.05) is 18.7 Å². The minimum absolute atomic E-state index is 0.0327. The highest BCUT2D eigenvalue weighted by atomic mass is 19.1. The van der Waals surface area contributed by atoms with E-state index in [-0.39, 0.29) is 23.0 Å². The highest BCUT2D eigenvalue weighted by Gasteiger charge is 2.40. The van der Waals surface area contributed by atoms with Crippen molar-refractivity contribution in [3.8, 4) is 0 Å². The average Bonchev–Trinajstić information content (AvgIpc) is 2.96. The second kappa shape index (κ2) is 13.1. The summed E-state index contributed by atoms with van der Waals surface area (Å²) in [7, 11) is 0. The summed E-state index contributed by atoms with van der Waals surface area (Å²) in [4.78, 5) is 31.9. The number of amides is 2. The average molecular weight is 551 g/mol. The number of aromatic nitrogens is 1. The number of hydrogen-bond acceptors (Lipinski definition) is 5. The van der Waals surface area contributed by atoms with Crippen LogP contribution < -0.4 is 10.6 Å². The third-order valence-corrected chi connectivity index (χ3v) is 7.40. The fourth-order valence-electron chi connectivity index (χ4n) is 4.97. The summed E-state index contributed by atoms with van der Waals surface area (Å²) in [6.07, 6.45) is 6.14. The van der Waals surface area contributed by atoms with E-state index in [1.54, 1.807) is 6.20 Å². The number of benzene rings is 2. The molecule has 2 heterocycles. The largest absolute Gasteiger partial charge is 0.372 e. The van der Waals surface area contributed by atoms with Crippen LogP contribution in [0.2, 0.25) is 0 Å². The molecule has 2 amide bonds. The van der Waals surface area contributed by atoms with Gasteiger partial charge >= 0.3 is 0 Å². The van der Waals surface area contributed by atoms with Crippen LogP contribution in [0, 0.1) is 17.6 Å². The Morgan fingerprint density at radius 1 is 1.00 bits per heavy atom. The van der Waals surface area contributed by atoms with E-state index in [1.165, 1.54) is 48.5 Å². The number of piperidine rings is 1. The van der Waals surface area contributed by atoms with E-state index in [0.29, 0.717) is 18.9 Å². The van der Waals surface area contributed by atoms with E-state index >= 15 is 0 Å². The number of aliphatic hydroxyl groups is 1. The normalized spacial score (nSPS) is 14.8. The van der Waals surface area contributed by atoms with Crippen LogP contribution in [0.4, 0.5) is 14.5 Å². The van der Waals surface area contributed by atoms with E-state index in [9.17, 15) is 23.5 Å². The Kier molecular flexibility index (Phi) is 9.60. The Hall–Kier alpha value is -3.69. The number of nitrogens with one attached hydrogen (secondary N) is 2. The molecule has 1 saturated heterocycles. The fraction of sp³-hybridized carbons (Fsp3) is 0.387. The minimum Gasteiger partial charge on any atom is -0.372 e. The summed E-state index contributed by atoms with van der Waals surface area (Å²) in [5, 5.41) is 17.2. The third-order valence-electron chi connectivity index (χ3n) is 7.40. The number of likely N-dealkylation sites (tertiary alicyclic amines) is 1. The first kappa shape index (κ1) is 29.3. The zero-order valence-electron chi connectivity index (χ0n) is 22.9. The monoisotopic (exact) mass is 550 g/mol. The van der Waals surface area contributed by atoms with Gasteiger partial charge in [0.2, 0.25) is 5.91 Å². The topological polar surface area (TPSA) is 94.6 Å². The van der Waals surface area contributed by atoms with Gasteiger partial charge in [-0.2, -0.15) is 0 Å². The third kappa shape index (κ3) is 7.08. The van der Waals surface area contributed by atoms with Crippen molar-refractivity contribution in [3.63, 3.8) is 0 Å². The lowest BCUT2D eigenvalue weighted by molar-refractivity contribution is -0.136. The molecule has 0 radical (unpaired) electrons. The maximum absolute atomic E-state index is 13.5. The van der Waals surface area contributed by atoms with Gasteiger partial charge in [-0.1, -0.05) is 38.1 Å². The lowest BCUT2D eigenvalue weighted by atomic mass is 9.85. The molecule has 0 saturated carbocycles. The van der Waals surface area contributed by atoms with Gasteiger partial charge in [-0.15, -0.1) is 0 Å². The number of rotatable bonds is 10. The van der Waals surface area contributed by atoms with Crippen LogP contribution in [0.3, 0.4) is 0 Å². The van der Waals surface area contributed by atoms with Gasteiger partial charge < -0.3 is 20.6 Å². The predicted octanol–water partition coefficient (Wildman–Crippen LogP) is 4.58. The molecular weight excluding hydrogens is 514 g/mol. The van der Waals surface area contributed by atoms with Crippen molar-refractivity contribution in [3.05, 3.63) is 95.3 Å². The molecule has 212 valence electrons. The summed E-state index contributed by atoms with van der Waals surface area (Å²) >= 11 is 0. The molecule has 1 aliphatic heterocycles. The number of pyridine rings is 1. The van der Waals surface area contributed by atoms with Crippen molar-refractivity contribution >= 4 is 17.5 Å². The van der Waals surface area contributed by atoms with Crippen LogP contribution in [0.1, 0.15) is 55.7 Å². The van der Waals surface area contributed by atoms with Crippen LogP contribution in [0.15, 0.2) is 67.0 Å². The van der Waals surface area contributed by atoms with Crippen LogP contribution in [-0.2, 0) is 15.2 Å². The molecular formula is C31H36F2N4O3. The van der Waals surface area contributed by atoms with E-state index in [0.717, 1.165) is 43.7 Å². The first-order valence-electron chi connectivity index (χ1n) is 13.7. The van der Waals surface area contributed by atoms with E-state index in [4.69, 9.17) is 0 Å². The SMILES string of the molecule is CC(C)C(=O)Nc1cncc(C2CCN(CCCNC(=O)C(O)(c3ccc(F)cc3)c3ccc(F)cc3)CC2)c1. The number of anilines is 1. The Bertz CT molecular complexity index is 1250. The summed E-state index contributed by atoms with van der Waals surface area (Å²) < 4.78 is 27.0. The number of hydrogen-bond donors (Lipinski definition) is 3. The molecule has 4 rings (SSSR count). The fourth-order valence-corrected chi connectivity index (χ4v) is 4.97. The number of nitrogens with zero attached hydrogens (tertiary/aromatic N) is 2. The van der Waals surface area contributed by atoms with Gasteiger partial charge in [-0.3, -0.25) is 14.6 Å². The molecule has 0 unspecified atom stereocenters. The molecule has 0 bridgehead atoms. The molecule has 1 aliphatic rings. The van der Waals surface area contributed by atoms with Crippen molar-refractivity contribution in [1.82, 2.24) is 15.2 Å². The summed E-state index contributed by atoms with van der Waals surface area (Å²) in [6.45, 7) is 6.62. The first-order valence-corrected chi connectivity index (χ1v) is 13.7. The molecule has 9 heteroatoms. The van der Waals surface area contributed by atoms with Crippen molar-refractivity contribution in [2.75, 3.05) is 31.5 Å². The number of carbonyl (C=O) groups excluding carboxylic acids is 2. The maximum Gasteiger partial charge on any atom is 0.261 e. The van der Waals surface area contributed by atoms with Gasteiger partial charge in [-0.25, -0.2) is 8.78 Å². The zero-order valence-corrected chi connectivity index (χ0v) is 22.9. The van der Waals surface area contributed by atoms with Crippen LogP contribution >= 0.6 is 0 Å². The molecule has 1 aromatic heterocycles. The highest BCUT2D eigenvalue weighted by Crippen LogP contribution is 2.31. The Balaban J connectivity index is 1.29. The predicted molar refractivity (Wildman–Crippen MR) is 150 cm³/mol. The quantitative estimate of drug-likeness (QED) is 0.322. The molecule has 7 nitrogen and oxygen atoms in total. The lowest BCUT2D eigenvalue weighted by Crippen LogP contribution is -2.46. The molecule has 1 fully saturated rings. The Morgan fingerprint density at radius 3 is 2.12 bits per heavy atom. The molecule has 0 spiro atoms. The molecule has 3 aromatic rings. The molecule has 3 N–H and O–H groups in total. The summed E-state index contributed by atoms with van der Waals surface area (Å²) in [6, 6.07) is 12.1. The standard InChI is InChI=1S/C31H36F2N4O3/c1-21(2)29(38)36-28-18-23(19-34-20-28)22-12-16-37(17-13-22)15-3-14-35-30(39)31(40,24-4-8-26(32)9-5-24)25-6-10-27(33)11-7-25/h4-11,18-22,40H,3,12-17H2,1-2H3,(H,35,39)(H,36,38). The summed E-state index contributed by atoms with van der Waals surface area (Å²) in [5.41, 5.74) is 0.145. The smallest absolute Gasteiger partial charge is 0.261 e. The maximum atomic E-state index is 13.5.